The maximum absolute atomic E-state index is 13.9. The van der Waals surface area contributed by atoms with Gasteiger partial charge in [0, 0.05) is 12.7 Å². The molecule has 1 aromatic heterocycles. The standard InChI is InChI=1S/C22H15BrFN3O/c23-20-11-14(5-7-26-20)17-9-16-6-8-27(22(16)18(10-17)13-25)21(28)12-15-3-1-2-4-19(15)24/h1-5,7,9-11H,6,8,12H2. The number of aromatic nitrogens is 1. The van der Waals surface area contributed by atoms with Crippen LogP contribution in [0.15, 0.2) is 59.3 Å². The first kappa shape index (κ1) is 18.3. The summed E-state index contributed by atoms with van der Waals surface area (Å²) in [4.78, 5) is 18.6. The highest BCUT2D eigenvalue weighted by Crippen LogP contribution is 2.36. The van der Waals surface area contributed by atoms with Crippen LogP contribution in [0.2, 0.25) is 0 Å². The van der Waals surface area contributed by atoms with Crippen molar-refractivity contribution < 1.29 is 9.18 Å². The average Bonchev–Trinajstić information content (AvgIpc) is 3.13. The fraction of sp³-hybridized carbons (Fsp3) is 0.136. The lowest BCUT2D eigenvalue weighted by Crippen LogP contribution is -2.31. The molecule has 4 nitrogen and oxygen atoms in total. The molecule has 3 aromatic rings. The van der Waals surface area contributed by atoms with E-state index in [1.54, 1.807) is 35.4 Å². The van der Waals surface area contributed by atoms with Crippen molar-refractivity contribution in [3.8, 4) is 17.2 Å². The second kappa shape index (κ2) is 7.53. The van der Waals surface area contributed by atoms with Crippen LogP contribution in [0.1, 0.15) is 16.7 Å². The molecule has 0 N–H and O–H groups in total. The molecule has 0 fully saturated rings. The predicted octanol–water partition coefficient (Wildman–Crippen LogP) is 4.65. The Bertz CT molecular complexity index is 1120. The number of carbonyl (C=O) groups excluding carboxylic acids is 1. The van der Waals surface area contributed by atoms with Gasteiger partial charge < -0.3 is 4.90 Å². The van der Waals surface area contributed by atoms with Crippen molar-refractivity contribution in [2.45, 2.75) is 12.8 Å². The van der Waals surface area contributed by atoms with Crippen LogP contribution in [0.3, 0.4) is 0 Å². The number of hydrogen-bond acceptors (Lipinski definition) is 3. The van der Waals surface area contributed by atoms with Crippen LogP contribution < -0.4 is 4.90 Å². The van der Waals surface area contributed by atoms with Gasteiger partial charge in [-0.2, -0.15) is 5.26 Å². The van der Waals surface area contributed by atoms with E-state index in [2.05, 4.69) is 27.0 Å². The Labute approximate surface area is 170 Å². The lowest BCUT2D eigenvalue weighted by molar-refractivity contribution is -0.117. The summed E-state index contributed by atoms with van der Waals surface area (Å²) in [7, 11) is 0. The largest absolute Gasteiger partial charge is 0.310 e. The zero-order chi connectivity index (χ0) is 19.7. The predicted molar refractivity (Wildman–Crippen MR) is 108 cm³/mol. The summed E-state index contributed by atoms with van der Waals surface area (Å²) in [6.45, 7) is 0.487. The first-order valence-corrected chi connectivity index (χ1v) is 9.59. The van der Waals surface area contributed by atoms with Gasteiger partial charge >= 0.3 is 0 Å². The van der Waals surface area contributed by atoms with Crippen molar-refractivity contribution in [2.75, 3.05) is 11.4 Å². The maximum Gasteiger partial charge on any atom is 0.231 e. The molecular weight excluding hydrogens is 421 g/mol. The number of carbonyl (C=O) groups is 1. The first-order chi connectivity index (χ1) is 13.6. The highest BCUT2D eigenvalue weighted by atomic mass is 79.9. The minimum Gasteiger partial charge on any atom is -0.310 e. The number of anilines is 1. The second-order valence-electron chi connectivity index (χ2n) is 6.57. The minimum atomic E-state index is -0.394. The third-order valence-electron chi connectivity index (χ3n) is 4.84. The molecular formula is C22H15BrFN3O. The molecule has 0 spiro atoms. The number of nitrogens with zero attached hydrogens (tertiary/aromatic N) is 3. The quantitative estimate of drug-likeness (QED) is 0.562. The van der Waals surface area contributed by atoms with E-state index in [9.17, 15) is 14.4 Å². The van der Waals surface area contributed by atoms with Gasteiger partial charge in [-0.15, -0.1) is 0 Å². The summed E-state index contributed by atoms with van der Waals surface area (Å²) >= 11 is 3.36. The smallest absolute Gasteiger partial charge is 0.231 e. The van der Waals surface area contributed by atoms with Crippen molar-refractivity contribution in [2.24, 2.45) is 0 Å². The van der Waals surface area contributed by atoms with E-state index in [0.29, 0.717) is 34.4 Å². The van der Waals surface area contributed by atoms with E-state index in [1.165, 1.54) is 6.07 Å². The highest BCUT2D eigenvalue weighted by molar-refractivity contribution is 9.10. The van der Waals surface area contributed by atoms with Gasteiger partial charge in [-0.25, -0.2) is 9.37 Å². The third-order valence-corrected chi connectivity index (χ3v) is 5.28. The Kier molecular flexibility index (Phi) is 4.93. The molecule has 4 rings (SSSR count). The van der Waals surface area contributed by atoms with E-state index >= 15 is 0 Å². The molecule has 0 radical (unpaired) electrons. The van der Waals surface area contributed by atoms with Gasteiger partial charge in [0.15, 0.2) is 0 Å². The van der Waals surface area contributed by atoms with Crippen molar-refractivity contribution in [1.82, 2.24) is 4.98 Å². The van der Waals surface area contributed by atoms with Crippen molar-refractivity contribution in [1.29, 1.82) is 5.26 Å². The molecule has 1 aliphatic heterocycles. The van der Waals surface area contributed by atoms with Crippen molar-refractivity contribution in [3.05, 3.63) is 81.8 Å². The molecule has 0 aliphatic carbocycles. The Hall–Kier alpha value is -3.04. The van der Waals surface area contributed by atoms with Gasteiger partial charge in [-0.1, -0.05) is 18.2 Å². The molecule has 2 heterocycles. The highest BCUT2D eigenvalue weighted by Gasteiger charge is 2.28. The Balaban J connectivity index is 1.69. The number of rotatable bonds is 3. The van der Waals surface area contributed by atoms with Gasteiger partial charge in [0.25, 0.3) is 0 Å². The van der Waals surface area contributed by atoms with E-state index < -0.39 is 5.82 Å². The molecule has 0 saturated heterocycles. The number of pyridine rings is 1. The van der Waals surface area contributed by atoms with E-state index in [-0.39, 0.29) is 12.3 Å². The number of fused-ring (bicyclic) bond motifs is 1. The molecule has 1 amide bonds. The third kappa shape index (κ3) is 3.41. The lowest BCUT2D eigenvalue weighted by atomic mass is 9.98. The van der Waals surface area contributed by atoms with E-state index in [1.807, 2.05) is 18.2 Å². The van der Waals surface area contributed by atoms with Gasteiger partial charge in [0.05, 0.1) is 17.7 Å². The molecule has 28 heavy (non-hydrogen) atoms. The molecule has 138 valence electrons. The Morgan fingerprint density at radius 2 is 2.04 bits per heavy atom. The number of halogens is 2. The van der Waals surface area contributed by atoms with Gasteiger partial charge in [-0.05, 0) is 74.9 Å². The van der Waals surface area contributed by atoms with Crippen LogP contribution in [0.4, 0.5) is 10.1 Å². The minimum absolute atomic E-state index is 0.0317. The van der Waals surface area contributed by atoms with E-state index in [4.69, 9.17) is 0 Å². The number of nitriles is 1. The van der Waals surface area contributed by atoms with Crippen molar-refractivity contribution >= 4 is 27.5 Å². The molecule has 0 saturated carbocycles. The van der Waals surface area contributed by atoms with Crippen LogP contribution in [0.5, 0.6) is 0 Å². The summed E-state index contributed by atoms with van der Waals surface area (Å²) < 4.78 is 14.6. The van der Waals surface area contributed by atoms with Gasteiger partial charge in [0.1, 0.15) is 16.5 Å². The van der Waals surface area contributed by atoms with Crippen LogP contribution in [0, 0.1) is 17.1 Å². The lowest BCUT2D eigenvalue weighted by Gasteiger charge is -2.19. The summed E-state index contributed by atoms with van der Waals surface area (Å²) in [5.41, 5.74) is 4.24. The van der Waals surface area contributed by atoms with E-state index in [0.717, 1.165) is 16.7 Å². The topological polar surface area (TPSA) is 57.0 Å². The molecule has 0 atom stereocenters. The summed E-state index contributed by atoms with van der Waals surface area (Å²) in [6.07, 6.45) is 2.33. The normalized spacial score (nSPS) is 12.5. The molecule has 0 unspecified atom stereocenters. The Morgan fingerprint density at radius 3 is 2.79 bits per heavy atom. The number of amides is 1. The molecule has 1 aliphatic rings. The summed E-state index contributed by atoms with van der Waals surface area (Å²) in [6, 6.07) is 16.0. The molecule has 0 bridgehead atoms. The van der Waals surface area contributed by atoms with Gasteiger partial charge in [0.2, 0.25) is 5.91 Å². The monoisotopic (exact) mass is 435 g/mol. The Morgan fingerprint density at radius 1 is 1.21 bits per heavy atom. The zero-order valence-electron chi connectivity index (χ0n) is 14.8. The average molecular weight is 436 g/mol. The fourth-order valence-electron chi connectivity index (χ4n) is 3.53. The SMILES string of the molecule is N#Cc1cc(-c2ccnc(Br)c2)cc2c1N(C(=O)Cc1ccccc1F)CC2. The summed E-state index contributed by atoms with van der Waals surface area (Å²) in [5.74, 6) is -0.603. The van der Waals surface area contributed by atoms with Gasteiger partial charge in [-0.3, -0.25) is 4.79 Å². The van der Waals surface area contributed by atoms with Crippen LogP contribution in [-0.4, -0.2) is 17.4 Å². The summed E-state index contributed by atoms with van der Waals surface area (Å²) in [5, 5.41) is 9.69. The van der Waals surface area contributed by atoms with Crippen LogP contribution in [-0.2, 0) is 17.6 Å². The number of benzene rings is 2. The second-order valence-corrected chi connectivity index (χ2v) is 7.39. The first-order valence-electron chi connectivity index (χ1n) is 8.79. The van der Waals surface area contributed by atoms with Crippen molar-refractivity contribution in [3.63, 3.8) is 0 Å². The molecule has 6 heteroatoms. The molecule has 2 aromatic carbocycles. The van der Waals surface area contributed by atoms with Crippen LogP contribution in [0.25, 0.3) is 11.1 Å². The fourth-order valence-corrected chi connectivity index (χ4v) is 3.90. The zero-order valence-corrected chi connectivity index (χ0v) is 16.4. The van der Waals surface area contributed by atoms with Crippen LogP contribution >= 0.6 is 15.9 Å². The maximum atomic E-state index is 13.9. The number of hydrogen-bond donors (Lipinski definition) is 0.